The number of methoxy groups -OCH3 is 1. The lowest BCUT2D eigenvalue weighted by molar-refractivity contribution is 0.0364. The molecule has 3 heterocycles. The third kappa shape index (κ3) is 5.54. The molecular formula is C29H36N4O5. The number of aromatic nitrogens is 2. The minimum absolute atomic E-state index is 0.00115. The van der Waals surface area contributed by atoms with Gasteiger partial charge < -0.3 is 19.9 Å². The molecule has 5 rings (SSSR count). The zero-order valence-corrected chi connectivity index (χ0v) is 22.1. The minimum atomic E-state index is -0.524. The van der Waals surface area contributed by atoms with Gasteiger partial charge in [-0.15, -0.1) is 0 Å². The van der Waals surface area contributed by atoms with Crippen LogP contribution in [0.4, 0.5) is 0 Å². The van der Waals surface area contributed by atoms with Crippen molar-refractivity contribution in [2.75, 3.05) is 40.0 Å². The number of pyridine rings is 2. The van der Waals surface area contributed by atoms with Crippen LogP contribution in [-0.2, 0) is 11.3 Å². The van der Waals surface area contributed by atoms with E-state index in [4.69, 9.17) is 9.47 Å². The van der Waals surface area contributed by atoms with E-state index in [0.717, 1.165) is 55.6 Å². The summed E-state index contributed by atoms with van der Waals surface area (Å²) in [6, 6.07) is 9.32. The predicted octanol–water partition coefficient (Wildman–Crippen LogP) is 3.42. The molecular weight excluding hydrogens is 484 g/mol. The third-order valence-corrected chi connectivity index (χ3v) is 7.82. The van der Waals surface area contributed by atoms with Gasteiger partial charge in [0.15, 0.2) is 0 Å². The Morgan fingerprint density at radius 1 is 1.11 bits per heavy atom. The maximum atomic E-state index is 13.7. The van der Waals surface area contributed by atoms with Gasteiger partial charge in [-0.3, -0.25) is 19.1 Å². The number of nitrogens with one attached hydrogen (secondary N) is 1. The molecule has 0 bridgehead atoms. The molecule has 0 radical (unpaired) electrons. The monoisotopic (exact) mass is 520 g/mol. The number of amides is 1. The summed E-state index contributed by atoms with van der Waals surface area (Å²) in [5.74, 6) is 0.525. The van der Waals surface area contributed by atoms with E-state index in [1.54, 1.807) is 19.4 Å². The van der Waals surface area contributed by atoms with E-state index in [1.165, 1.54) is 4.57 Å². The molecule has 202 valence electrons. The predicted molar refractivity (Wildman–Crippen MR) is 146 cm³/mol. The van der Waals surface area contributed by atoms with Crippen LogP contribution in [0.1, 0.15) is 43.0 Å². The summed E-state index contributed by atoms with van der Waals surface area (Å²) >= 11 is 0. The molecule has 1 saturated carbocycles. The molecule has 2 N–H and O–H groups in total. The molecule has 1 amide bonds. The molecule has 9 nitrogen and oxygen atoms in total. The molecule has 1 aliphatic heterocycles. The number of hydrogen-bond acceptors (Lipinski definition) is 7. The topological polar surface area (TPSA) is 106 Å². The third-order valence-electron chi connectivity index (χ3n) is 7.82. The SMILES string of the molecule is COc1ccc(-c2cnc3c(c2)c(O)c(C(=O)N[C@H]2CC[C@H](C)CC2)c(=O)n3CCN2CCOCC2)cc1. The van der Waals surface area contributed by atoms with Crippen molar-refractivity contribution in [3.63, 3.8) is 0 Å². The van der Waals surface area contributed by atoms with E-state index in [0.29, 0.717) is 43.3 Å². The fraction of sp³-hybridized carbons (Fsp3) is 0.483. The highest BCUT2D eigenvalue weighted by Gasteiger charge is 2.27. The van der Waals surface area contributed by atoms with E-state index >= 15 is 0 Å². The lowest BCUT2D eigenvalue weighted by atomic mass is 9.87. The summed E-state index contributed by atoms with van der Waals surface area (Å²) in [5, 5.41) is 14.7. The zero-order chi connectivity index (χ0) is 26.6. The largest absolute Gasteiger partial charge is 0.506 e. The Morgan fingerprint density at radius 3 is 2.50 bits per heavy atom. The van der Waals surface area contributed by atoms with Crippen molar-refractivity contribution in [1.82, 2.24) is 19.8 Å². The molecule has 2 aliphatic rings. The van der Waals surface area contributed by atoms with Crippen LogP contribution in [0.15, 0.2) is 41.3 Å². The molecule has 1 saturated heterocycles. The fourth-order valence-electron chi connectivity index (χ4n) is 5.40. The van der Waals surface area contributed by atoms with Crippen molar-refractivity contribution in [2.24, 2.45) is 5.92 Å². The first-order chi connectivity index (χ1) is 18.4. The number of ether oxygens (including phenoxy) is 2. The number of hydrogen-bond donors (Lipinski definition) is 2. The number of fused-ring (bicyclic) bond motifs is 1. The Hall–Kier alpha value is -3.43. The number of morpholine rings is 1. The van der Waals surface area contributed by atoms with Crippen LogP contribution in [0.3, 0.4) is 0 Å². The molecule has 0 atom stereocenters. The number of carbonyl (C=O) groups excluding carboxylic acids is 1. The quantitative estimate of drug-likeness (QED) is 0.492. The second-order valence-electron chi connectivity index (χ2n) is 10.4. The van der Waals surface area contributed by atoms with E-state index in [1.807, 2.05) is 24.3 Å². The Kier molecular flexibility index (Phi) is 7.95. The lowest BCUT2D eigenvalue weighted by Gasteiger charge is -2.28. The van der Waals surface area contributed by atoms with Crippen LogP contribution in [0.5, 0.6) is 11.5 Å². The highest BCUT2D eigenvalue weighted by atomic mass is 16.5. The van der Waals surface area contributed by atoms with Gasteiger partial charge >= 0.3 is 0 Å². The Bertz CT molecular complexity index is 1340. The van der Waals surface area contributed by atoms with Gasteiger partial charge in [-0.05, 0) is 55.4 Å². The van der Waals surface area contributed by atoms with Gasteiger partial charge in [0.05, 0.1) is 25.7 Å². The maximum Gasteiger partial charge on any atom is 0.268 e. The summed E-state index contributed by atoms with van der Waals surface area (Å²) in [7, 11) is 1.61. The van der Waals surface area contributed by atoms with Crippen molar-refractivity contribution < 1.29 is 19.4 Å². The van der Waals surface area contributed by atoms with Crippen LogP contribution >= 0.6 is 0 Å². The van der Waals surface area contributed by atoms with Gasteiger partial charge in [0, 0.05) is 44.0 Å². The standard InChI is InChI=1S/C29H36N4O5/c1-19-3-7-22(8-4-19)31-28(35)25-26(34)24-17-21(20-5-9-23(37-2)10-6-20)18-30-27(24)33(29(25)36)12-11-32-13-15-38-16-14-32/h5-6,9-10,17-19,22,34H,3-4,7-8,11-16H2,1-2H3,(H,31,35)/t19-,22-. The molecule has 1 aliphatic carbocycles. The summed E-state index contributed by atoms with van der Waals surface area (Å²) < 4.78 is 12.2. The van der Waals surface area contributed by atoms with Crippen LogP contribution in [0.25, 0.3) is 22.2 Å². The molecule has 0 spiro atoms. The molecule has 9 heteroatoms. The first-order valence-electron chi connectivity index (χ1n) is 13.5. The van der Waals surface area contributed by atoms with Crippen molar-refractivity contribution in [2.45, 2.75) is 45.2 Å². The van der Waals surface area contributed by atoms with Crippen LogP contribution < -0.4 is 15.6 Å². The van der Waals surface area contributed by atoms with Gasteiger partial charge in [-0.25, -0.2) is 4.98 Å². The average Bonchev–Trinajstić information content (AvgIpc) is 2.95. The van der Waals surface area contributed by atoms with E-state index < -0.39 is 11.5 Å². The zero-order valence-electron chi connectivity index (χ0n) is 22.1. The second kappa shape index (κ2) is 11.5. The molecule has 3 aromatic rings. The first kappa shape index (κ1) is 26.2. The normalized spacial score (nSPS) is 20.4. The smallest absolute Gasteiger partial charge is 0.268 e. The van der Waals surface area contributed by atoms with Crippen LogP contribution in [0.2, 0.25) is 0 Å². The summed E-state index contributed by atoms with van der Waals surface area (Å²) in [6.45, 7) is 6.07. The van der Waals surface area contributed by atoms with Crippen LogP contribution in [0, 0.1) is 5.92 Å². The molecule has 2 fully saturated rings. The van der Waals surface area contributed by atoms with Crippen molar-refractivity contribution in [1.29, 1.82) is 0 Å². The molecule has 0 unspecified atom stereocenters. The Morgan fingerprint density at radius 2 is 1.82 bits per heavy atom. The van der Waals surface area contributed by atoms with Crippen molar-refractivity contribution in [3.8, 4) is 22.6 Å². The van der Waals surface area contributed by atoms with E-state index in [9.17, 15) is 14.7 Å². The summed E-state index contributed by atoms with van der Waals surface area (Å²) in [6.07, 6.45) is 5.50. The van der Waals surface area contributed by atoms with Crippen LogP contribution in [-0.4, -0.2) is 71.5 Å². The van der Waals surface area contributed by atoms with E-state index in [2.05, 4.69) is 22.1 Å². The van der Waals surface area contributed by atoms with E-state index in [-0.39, 0.29) is 17.4 Å². The Labute approximate surface area is 222 Å². The first-order valence-corrected chi connectivity index (χ1v) is 13.5. The van der Waals surface area contributed by atoms with Gasteiger partial charge in [-0.2, -0.15) is 0 Å². The highest BCUT2D eigenvalue weighted by Crippen LogP contribution is 2.31. The number of carbonyl (C=O) groups is 1. The minimum Gasteiger partial charge on any atom is -0.506 e. The summed E-state index contributed by atoms with van der Waals surface area (Å²) in [5.41, 5.74) is 1.27. The molecule has 38 heavy (non-hydrogen) atoms. The number of benzene rings is 1. The van der Waals surface area contributed by atoms with Gasteiger partial charge in [0.25, 0.3) is 11.5 Å². The fourth-order valence-corrected chi connectivity index (χ4v) is 5.40. The van der Waals surface area contributed by atoms with Crippen molar-refractivity contribution >= 4 is 16.9 Å². The Balaban J connectivity index is 1.54. The maximum absolute atomic E-state index is 13.7. The highest BCUT2D eigenvalue weighted by molar-refractivity contribution is 6.02. The lowest BCUT2D eigenvalue weighted by Crippen LogP contribution is -2.42. The molecule has 1 aromatic carbocycles. The van der Waals surface area contributed by atoms with Gasteiger partial charge in [0.2, 0.25) is 0 Å². The van der Waals surface area contributed by atoms with Crippen molar-refractivity contribution in [3.05, 3.63) is 52.4 Å². The average molecular weight is 521 g/mol. The number of rotatable bonds is 7. The summed E-state index contributed by atoms with van der Waals surface area (Å²) in [4.78, 5) is 33.9. The van der Waals surface area contributed by atoms with Gasteiger partial charge in [0.1, 0.15) is 22.7 Å². The van der Waals surface area contributed by atoms with Gasteiger partial charge in [-0.1, -0.05) is 19.1 Å². The molecule has 2 aromatic heterocycles. The number of nitrogens with zero attached hydrogens (tertiary/aromatic N) is 3. The number of aromatic hydroxyl groups is 1. The second-order valence-corrected chi connectivity index (χ2v) is 10.4.